The molecule has 1 aromatic carbocycles. The maximum atomic E-state index is 12.3. The van der Waals surface area contributed by atoms with Gasteiger partial charge in [-0.1, -0.05) is 11.2 Å². The van der Waals surface area contributed by atoms with E-state index in [1.165, 1.54) is 24.3 Å². The average Bonchev–Trinajstić information content (AvgIpc) is 2.81. The van der Waals surface area contributed by atoms with Gasteiger partial charge >= 0.3 is 0 Å². The van der Waals surface area contributed by atoms with Crippen LogP contribution in [0.4, 0.5) is 5.82 Å². The molecule has 0 saturated carbocycles. The Bertz CT molecular complexity index is 819. The molecule has 0 aliphatic carbocycles. The molecule has 1 aromatic heterocycles. The number of nitrogens with one attached hydrogen (secondary N) is 2. The molecule has 0 aliphatic heterocycles. The smallest absolute Gasteiger partial charge is 0.256 e. The molecule has 1 heterocycles. The Morgan fingerprint density at radius 3 is 2.48 bits per heavy atom. The van der Waals surface area contributed by atoms with Crippen LogP contribution in [-0.4, -0.2) is 25.0 Å². The summed E-state index contributed by atoms with van der Waals surface area (Å²) >= 11 is 0. The molecule has 23 heavy (non-hydrogen) atoms. The van der Waals surface area contributed by atoms with E-state index in [0.717, 1.165) is 0 Å². The van der Waals surface area contributed by atoms with E-state index < -0.39 is 21.5 Å². The van der Waals surface area contributed by atoms with Crippen LogP contribution < -0.4 is 10.0 Å². The van der Waals surface area contributed by atoms with E-state index in [9.17, 15) is 13.2 Å². The SMILES string of the molecule is Cc1cc(NC(=O)c2cccc(S(=O)(=O)NC(C)(C)C)c2)no1. The summed E-state index contributed by atoms with van der Waals surface area (Å²) in [4.78, 5) is 12.2. The van der Waals surface area contributed by atoms with Crippen LogP contribution in [0, 0.1) is 6.92 Å². The van der Waals surface area contributed by atoms with Gasteiger partial charge in [0.05, 0.1) is 4.90 Å². The summed E-state index contributed by atoms with van der Waals surface area (Å²) in [6.07, 6.45) is 0. The summed E-state index contributed by atoms with van der Waals surface area (Å²) in [6.45, 7) is 6.93. The maximum absolute atomic E-state index is 12.3. The van der Waals surface area contributed by atoms with E-state index in [1.807, 2.05) is 0 Å². The Morgan fingerprint density at radius 1 is 1.22 bits per heavy atom. The minimum Gasteiger partial charge on any atom is -0.360 e. The molecule has 0 atom stereocenters. The van der Waals surface area contributed by atoms with Gasteiger partial charge in [-0.3, -0.25) is 4.79 Å². The first-order valence-electron chi connectivity index (χ1n) is 6.95. The van der Waals surface area contributed by atoms with Gasteiger partial charge in [0, 0.05) is 17.2 Å². The van der Waals surface area contributed by atoms with E-state index in [-0.39, 0.29) is 16.3 Å². The van der Waals surface area contributed by atoms with Gasteiger partial charge in [-0.15, -0.1) is 0 Å². The zero-order valence-corrected chi connectivity index (χ0v) is 14.2. The second-order valence-electron chi connectivity index (χ2n) is 6.16. The predicted octanol–water partition coefficient (Wildman–Crippen LogP) is 2.31. The normalized spacial score (nSPS) is 12.2. The summed E-state index contributed by atoms with van der Waals surface area (Å²) in [5, 5.41) is 6.21. The van der Waals surface area contributed by atoms with Crippen molar-refractivity contribution >= 4 is 21.7 Å². The number of benzene rings is 1. The first-order chi connectivity index (χ1) is 10.6. The van der Waals surface area contributed by atoms with E-state index in [0.29, 0.717) is 5.76 Å². The van der Waals surface area contributed by atoms with Crippen molar-refractivity contribution < 1.29 is 17.7 Å². The molecule has 2 aromatic rings. The highest BCUT2D eigenvalue weighted by molar-refractivity contribution is 7.89. The number of carbonyl (C=O) groups excluding carboxylic acids is 1. The van der Waals surface area contributed by atoms with Crippen LogP contribution in [0.25, 0.3) is 0 Å². The van der Waals surface area contributed by atoms with Gasteiger partial charge in [0.1, 0.15) is 5.76 Å². The first-order valence-corrected chi connectivity index (χ1v) is 8.44. The number of aryl methyl sites for hydroxylation is 1. The molecule has 124 valence electrons. The molecule has 0 saturated heterocycles. The molecule has 0 aliphatic rings. The Labute approximate surface area is 135 Å². The number of carbonyl (C=O) groups is 1. The third-order valence-corrected chi connectivity index (χ3v) is 4.47. The molecule has 0 bridgehead atoms. The average molecular weight is 337 g/mol. The number of rotatable bonds is 4. The Kier molecular flexibility index (Phi) is 4.58. The minimum absolute atomic E-state index is 0.0245. The quantitative estimate of drug-likeness (QED) is 0.891. The second-order valence-corrected chi connectivity index (χ2v) is 7.84. The van der Waals surface area contributed by atoms with Crippen molar-refractivity contribution in [1.82, 2.24) is 9.88 Å². The fourth-order valence-corrected chi connectivity index (χ4v) is 3.34. The van der Waals surface area contributed by atoms with Crippen molar-refractivity contribution in [3.05, 3.63) is 41.7 Å². The maximum Gasteiger partial charge on any atom is 0.256 e. The third kappa shape index (κ3) is 4.64. The molecule has 8 heteroatoms. The lowest BCUT2D eigenvalue weighted by Crippen LogP contribution is -2.40. The van der Waals surface area contributed by atoms with Crippen LogP contribution in [-0.2, 0) is 10.0 Å². The van der Waals surface area contributed by atoms with Gasteiger partial charge < -0.3 is 9.84 Å². The lowest BCUT2D eigenvalue weighted by atomic mass is 10.1. The van der Waals surface area contributed by atoms with Gasteiger partial charge in [-0.25, -0.2) is 13.1 Å². The number of hydrogen-bond donors (Lipinski definition) is 2. The van der Waals surface area contributed by atoms with Crippen molar-refractivity contribution in [2.24, 2.45) is 0 Å². The number of hydrogen-bond acceptors (Lipinski definition) is 5. The lowest BCUT2D eigenvalue weighted by Gasteiger charge is -2.20. The number of aromatic nitrogens is 1. The Balaban J connectivity index is 2.24. The highest BCUT2D eigenvalue weighted by atomic mass is 32.2. The molecule has 2 N–H and O–H groups in total. The van der Waals surface area contributed by atoms with E-state index in [1.54, 1.807) is 33.8 Å². The fourth-order valence-electron chi connectivity index (χ4n) is 1.88. The summed E-state index contributed by atoms with van der Waals surface area (Å²) in [5.74, 6) is 0.366. The van der Waals surface area contributed by atoms with E-state index in [2.05, 4.69) is 15.2 Å². The summed E-state index contributed by atoms with van der Waals surface area (Å²) in [7, 11) is -3.71. The number of nitrogens with zero attached hydrogens (tertiary/aromatic N) is 1. The summed E-state index contributed by atoms with van der Waals surface area (Å²) < 4.78 is 32.0. The zero-order valence-electron chi connectivity index (χ0n) is 13.4. The van der Waals surface area contributed by atoms with Gasteiger partial charge in [-0.2, -0.15) is 0 Å². The van der Waals surface area contributed by atoms with Gasteiger partial charge in [0.15, 0.2) is 5.82 Å². The van der Waals surface area contributed by atoms with Crippen LogP contribution in [0.3, 0.4) is 0 Å². The molecule has 2 rings (SSSR count). The number of anilines is 1. The molecular weight excluding hydrogens is 318 g/mol. The molecule has 7 nitrogen and oxygen atoms in total. The van der Waals surface area contributed by atoms with Gasteiger partial charge in [0.2, 0.25) is 10.0 Å². The van der Waals surface area contributed by atoms with Crippen LogP contribution in [0.2, 0.25) is 0 Å². The van der Waals surface area contributed by atoms with Crippen LogP contribution >= 0.6 is 0 Å². The Morgan fingerprint density at radius 2 is 1.91 bits per heavy atom. The van der Waals surface area contributed by atoms with Crippen molar-refractivity contribution in [1.29, 1.82) is 0 Å². The largest absolute Gasteiger partial charge is 0.360 e. The number of amides is 1. The van der Waals surface area contributed by atoms with Crippen molar-refractivity contribution in [2.45, 2.75) is 38.1 Å². The Hall–Kier alpha value is -2.19. The first kappa shape index (κ1) is 17.2. The predicted molar refractivity (Wildman–Crippen MR) is 85.7 cm³/mol. The zero-order chi connectivity index (χ0) is 17.3. The van der Waals surface area contributed by atoms with E-state index in [4.69, 9.17) is 4.52 Å². The molecule has 0 radical (unpaired) electrons. The molecule has 0 fully saturated rings. The molecule has 1 amide bonds. The standard InChI is InChI=1S/C15H19N3O4S/c1-10-8-13(17-22-10)16-14(19)11-6-5-7-12(9-11)23(20,21)18-15(2,3)4/h5-9,18H,1-4H3,(H,16,17,19). The van der Waals surface area contributed by atoms with Crippen LogP contribution in [0.15, 0.2) is 39.8 Å². The molecule has 0 unspecified atom stereocenters. The summed E-state index contributed by atoms with van der Waals surface area (Å²) in [6, 6.07) is 7.36. The highest BCUT2D eigenvalue weighted by Crippen LogP contribution is 2.16. The van der Waals surface area contributed by atoms with Crippen molar-refractivity contribution in [2.75, 3.05) is 5.32 Å². The van der Waals surface area contributed by atoms with E-state index >= 15 is 0 Å². The second kappa shape index (κ2) is 6.13. The van der Waals surface area contributed by atoms with Crippen molar-refractivity contribution in [3.63, 3.8) is 0 Å². The highest BCUT2D eigenvalue weighted by Gasteiger charge is 2.22. The molecular formula is C15H19N3O4S. The molecule has 0 spiro atoms. The fraction of sp³-hybridized carbons (Fsp3) is 0.333. The third-order valence-electron chi connectivity index (χ3n) is 2.72. The number of sulfonamides is 1. The monoisotopic (exact) mass is 337 g/mol. The van der Waals surface area contributed by atoms with Gasteiger partial charge in [-0.05, 0) is 45.9 Å². The topological polar surface area (TPSA) is 101 Å². The lowest BCUT2D eigenvalue weighted by molar-refractivity contribution is 0.102. The summed E-state index contributed by atoms with van der Waals surface area (Å²) in [5.41, 5.74) is -0.405. The van der Waals surface area contributed by atoms with Crippen molar-refractivity contribution in [3.8, 4) is 0 Å². The minimum atomic E-state index is -3.71. The van der Waals surface area contributed by atoms with Gasteiger partial charge in [0.25, 0.3) is 5.91 Å². The van der Waals surface area contributed by atoms with Crippen LogP contribution in [0.5, 0.6) is 0 Å². The van der Waals surface area contributed by atoms with Crippen LogP contribution in [0.1, 0.15) is 36.9 Å².